The molecule has 1 aliphatic heterocycles. The van der Waals surface area contributed by atoms with E-state index in [9.17, 15) is 0 Å². The lowest BCUT2D eigenvalue weighted by Crippen LogP contribution is -2.45. The molecule has 0 aromatic rings. The second-order valence-corrected chi connectivity index (χ2v) is 5.57. The number of rotatable bonds is 4. The molecule has 0 spiro atoms. The van der Waals surface area contributed by atoms with Crippen LogP contribution in [0.1, 0.15) is 51.9 Å². The SMILES string of the molecule is CCN(CC1CCCCC1)C1CCNCC1. The quantitative estimate of drug-likeness (QED) is 0.790. The van der Waals surface area contributed by atoms with Gasteiger partial charge in [-0.3, -0.25) is 0 Å². The van der Waals surface area contributed by atoms with Gasteiger partial charge in [0.15, 0.2) is 0 Å². The average Bonchev–Trinajstić information content (AvgIpc) is 2.38. The Morgan fingerprint density at radius 1 is 1.00 bits per heavy atom. The highest BCUT2D eigenvalue weighted by Gasteiger charge is 2.23. The van der Waals surface area contributed by atoms with Crippen molar-refractivity contribution >= 4 is 0 Å². The number of piperidine rings is 1. The third kappa shape index (κ3) is 3.46. The van der Waals surface area contributed by atoms with Crippen molar-refractivity contribution in [3.8, 4) is 0 Å². The van der Waals surface area contributed by atoms with E-state index < -0.39 is 0 Å². The molecule has 94 valence electrons. The number of hydrogen-bond donors (Lipinski definition) is 1. The molecule has 1 heterocycles. The summed E-state index contributed by atoms with van der Waals surface area (Å²) in [4.78, 5) is 2.76. The second kappa shape index (κ2) is 6.61. The van der Waals surface area contributed by atoms with Gasteiger partial charge < -0.3 is 10.2 Å². The largest absolute Gasteiger partial charge is 0.317 e. The zero-order valence-electron chi connectivity index (χ0n) is 10.9. The van der Waals surface area contributed by atoms with Gasteiger partial charge in [-0.1, -0.05) is 26.2 Å². The Labute approximate surface area is 101 Å². The van der Waals surface area contributed by atoms with E-state index in [1.54, 1.807) is 0 Å². The van der Waals surface area contributed by atoms with Gasteiger partial charge in [-0.25, -0.2) is 0 Å². The molecule has 2 heteroatoms. The van der Waals surface area contributed by atoms with Crippen LogP contribution in [0.5, 0.6) is 0 Å². The molecule has 1 saturated heterocycles. The summed E-state index contributed by atoms with van der Waals surface area (Å²) in [5.41, 5.74) is 0. The van der Waals surface area contributed by atoms with Crippen LogP contribution in [-0.2, 0) is 0 Å². The van der Waals surface area contributed by atoms with Crippen LogP contribution in [0.25, 0.3) is 0 Å². The van der Waals surface area contributed by atoms with Gasteiger partial charge in [-0.2, -0.15) is 0 Å². The third-order valence-electron chi connectivity index (χ3n) is 4.45. The van der Waals surface area contributed by atoms with Crippen molar-refractivity contribution in [2.75, 3.05) is 26.2 Å². The molecule has 2 fully saturated rings. The molecule has 0 radical (unpaired) electrons. The molecule has 2 rings (SSSR count). The van der Waals surface area contributed by atoms with Gasteiger partial charge in [-0.05, 0) is 51.2 Å². The monoisotopic (exact) mass is 224 g/mol. The summed E-state index contributed by atoms with van der Waals surface area (Å²) < 4.78 is 0. The summed E-state index contributed by atoms with van der Waals surface area (Å²) in [5.74, 6) is 1.00. The average molecular weight is 224 g/mol. The second-order valence-electron chi connectivity index (χ2n) is 5.57. The Bertz CT molecular complexity index is 181. The van der Waals surface area contributed by atoms with Crippen molar-refractivity contribution < 1.29 is 0 Å². The maximum atomic E-state index is 3.47. The lowest BCUT2D eigenvalue weighted by molar-refractivity contribution is 0.131. The fourth-order valence-corrected chi connectivity index (χ4v) is 3.41. The van der Waals surface area contributed by atoms with Gasteiger partial charge in [-0.15, -0.1) is 0 Å². The summed E-state index contributed by atoms with van der Waals surface area (Å²) in [6, 6.07) is 0.869. The molecule has 0 aromatic carbocycles. The summed E-state index contributed by atoms with van der Waals surface area (Å²) in [6.07, 6.45) is 10.1. The molecule has 0 atom stereocenters. The Kier molecular flexibility index (Phi) is 5.11. The first-order chi connectivity index (χ1) is 7.90. The Balaban J connectivity index is 1.78. The standard InChI is InChI=1S/C14H28N2/c1-2-16(14-8-10-15-11-9-14)12-13-6-4-3-5-7-13/h13-15H,2-12H2,1H3. The van der Waals surface area contributed by atoms with Crippen molar-refractivity contribution in [3.05, 3.63) is 0 Å². The van der Waals surface area contributed by atoms with E-state index in [1.807, 2.05) is 0 Å². The van der Waals surface area contributed by atoms with E-state index in [-0.39, 0.29) is 0 Å². The van der Waals surface area contributed by atoms with E-state index in [2.05, 4.69) is 17.1 Å². The van der Waals surface area contributed by atoms with E-state index in [1.165, 1.54) is 71.1 Å². The first kappa shape index (κ1) is 12.4. The molecule has 0 bridgehead atoms. The molecular weight excluding hydrogens is 196 g/mol. The summed E-state index contributed by atoms with van der Waals surface area (Å²) >= 11 is 0. The van der Waals surface area contributed by atoms with E-state index in [0.717, 1.165) is 12.0 Å². The van der Waals surface area contributed by atoms with Gasteiger partial charge in [0.2, 0.25) is 0 Å². The molecule has 2 nitrogen and oxygen atoms in total. The molecule has 1 aliphatic carbocycles. The molecule has 1 N–H and O–H groups in total. The van der Waals surface area contributed by atoms with Crippen molar-refractivity contribution in [3.63, 3.8) is 0 Å². The molecule has 16 heavy (non-hydrogen) atoms. The molecule has 0 aromatic heterocycles. The summed E-state index contributed by atoms with van der Waals surface area (Å²) in [6.45, 7) is 7.42. The smallest absolute Gasteiger partial charge is 0.0119 e. The van der Waals surface area contributed by atoms with Crippen LogP contribution in [0.15, 0.2) is 0 Å². The maximum Gasteiger partial charge on any atom is 0.0119 e. The van der Waals surface area contributed by atoms with Crippen molar-refractivity contribution in [2.24, 2.45) is 5.92 Å². The fraction of sp³-hybridized carbons (Fsp3) is 1.00. The van der Waals surface area contributed by atoms with Crippen LogP contribution in [0.4, 0.5) is 0 Å². The van der Waals surface area contributed by atoms with Crippen LogP contribution in [0.3, 0.4) is 0 Å². The number of nitrogens with zero attached hydrogens (tertiary/aromatic N) is 1. The minimum Gasteiger partial charge on any atom is -0.317 e. The van der Waals surface area contributed by atoms with E-state index >= 15 is 0 Å². The summed E-state index contributed by atoms with van der Waals surface area (Å²) in [5, 5.41) is 3.47. The topological polar surface area (TPSA) is 15.3 Å². The van der Waals surface area contributed by atoms with Gasteiger partial charge >= 0.3 is 0 Å². The van der Waals surface area contributed by atoms with Crippen LogP contribution in [0, 0.1) is 5.92 Å². The molecule has 0 amide bonds. The minimum atomic E-state index is 0.869. The van der Waals surface area contributed by atoms with Gasteiger partial charge in [0, 0.05) is 12.6 Å². The van der Waals surface area contributed by atoms with Gasteiger partial charge in [0.25, 0.3) is 0 Å². The molecule has 1 saturated carbocycles. The minimum absolute atomic E-state index is 0.869. The van der Waals surface area contributed by atoms with E-state index in [0.29, 0.717) is 0 Å². The highest BCUT2D eigenvalue weighted by atomic mass is 15.2. The lowest BCUT2D eigenvalue weighted by Gasteiger charge is -2.37. The van der Waals surface area contributed by atoms with Crippen molar-refractivity contribution in [1.29, 1.82) is 0 Å². The Morgan fingerprint density at radius 3 is 2.31 bits per heavy atom. The van der Waals surface area contributed by atoms with Gasteiger partial charge in [0.1, 0.15) is 0 Å². The van der Waals surface area contributed by atoms with E-state index in [4.69, 9.17) is 0 Å². The summed E-state index contributed by atoms with van der Waals surface area (Å²) in [7, 11) is 0. The number of nitrogens with one attached hydrogen (secondary N) is 1. The zero-order chi connectivity index (χ0) is 11.2. The van der Waals surface area contributed by atoms with Crippen LogP contribution < -0.4 is 5.32 Å². The normalized spacial score (nSPS) is 25.1. The number of hydrogen-bond acceptors (Lipinski definition) is 2. The van der Waals surface area contributed by atoms with Gasteiger partial charge in [0.05, 0.1) is 0 Å². The highest BCUT2D eigenvalue weighted by molar-refractivity contribution is 4.79. The zero-order valence-corrected chi connectivity index (χ0v) is 10.9. The van der Waals surface area contributed by atoms with Crippen molar-refractivity contribution in [1.82, 2.24) is 10.2 Å². The van der Waals surface area contributed by atoms with Crippen LogP contribution >= 0.6 is 0 Å². The predicted octanol–water partition coefficient (Wildman–Crippen LogP) is 2.64. The fourth-order valence-electron chi connectivity index (χ4n) is 3.41. The van der Waals surface area contributed by atoms with Crippen LogP contribution in [0.2, 0.25) is 0 Å². The molecule has 2 aliphatic rings. The van der Waals surface area contributed by atoms with Crippen molar-refractivity contribution in [2.45, 2.75) is 57.9 Å². The Hall–Kier alpha value is -0.0800. The first-order valence-corrected chi connectivity index (χ1v) is 7.35. The third-order valence-corrected chi connectivity index (χ3v) is 4.45. The lowest BCUT2D eigenvalue weighted by atomic mass is 9.88. The van der Waals surface area contributed by atoms with Crippen LogP contribution in [-0.4, -0.2) is 37.1 Å². The first-order valence-electron chi connectivity index (χ1n) is 7.35. The maximum absolute atomic E-state index is 3.47. The molecular formula is C14H28N2. The Morgan fingerprint density at radius 2 is 1.69 bits per heavy atom. The predicted molar refractivity (Wildman–Crippen MR) is 69.7 cm³/mol. The highest BCUT2D eigenvalue weighted by Crippen LogP contribution is 2.25. The molecule has 0 unspecified atom stereocenters.